The first kappa shape index (κ1) is 17.1. The third kappa shape index (κ3) is 4.63. The van der Waals surface area contributed by atoms with E-state index in [1.165, 1.54) is 6.21 Å². The molecular formula is C17H18N8O. The molecule has 132 valence electrons. The molecule has 9 nitrogen and oxygen atoms in total. The van der Waals surface area contributed by atoms with Gasteiger partial charge in [0.2, 0.25) is 0 Å². The Balaban J connectivity index is 1.52. The molecule has 0 aliphatic carbocycles. The molecule has 26 heavy (non-hydrogen) atoms. The van der Waals surface area contributed by atoms with Gasteiger partial charge in [-0.2, -0.15) is 20.4 Å². The topological polar surface area (TPSA) is 101 Å². The van der Waals surface area contributed by atoms with Crippen LogP contribution < -0.4 is 10.9 Å². The first-order valence-corrected chi connectivity index (χ1v) is 7.80. The zero-order chi connectivity index (χ0) is 18.4. The Bertz CT molecular complexity index is 936. The maximum absolute atomic E-state index is 12.0. The summed E-state index contributed by atoms with van der Waals surface area (Å²) in [6.45, 7) is 0. The molecule has 9 heteroatoms. The van der Waals surface area contributed by atoms with Gasteiger partial charge in [-0.3, -0.25) is 19.6 Å². The number of amides is 1. The molecule has 0 aliphatic heterocycles. The van der Waals surface area contributed by atoms with Gasteiger partial charge in [-0.1, -0.05) is 0 Å². The summed E-state index contributed by atoms with van der Waals surface area (Å²) < 4.78 is 3.36. The number of anilines is 1. The van der Waals surface area contributed by atoms with Crippen LogP contribution in [0.4, 0.5) is 5.69 Å². The van der Waals surface area contributed by atoms with E-state index >= 15 is 0 Å². The number of aryl methyl sites for hydroxylation is 2. The molecule has 2 N–H and O–H groups in total. The number of hydrogen-bond acceptors (Lipinski definition) is 6. The summed E-state index contributed by atoms with van der Waals surface area (Å²) in [5, 5.41) is 16.1. The molecule has 1 aromatic carbocycles. The first-order chi connectivity index (χ1) is 12.6. The number of nitrogens with zero attached hydrogens (tertiary/aromatic N) is 6. The molecule has 0 radical (unpaired) electrons. The summed E-state index contributed by atoms with van der Waals surface area (Å²) >= 11 is 0. The van der Waals surface area contributed by atoms with Gasteiger partial charge in [0.1, 0.15) is 0 Å². The highest BCUT2D eigenvalue weighted by atomic mass is 16.2. The summed E-state index contributed by atoms with van der Waals surface area (Å²) in [7, 11) is 3.65. The Labute approximate surface area is 150 Å². The number of hydrogen-bond donors (Lipinski definition) is 2. The minimum Gasteiger partial charge on any atom is -0.279 e. The van der Waals surface area contributed by atoms with E-state index in [4.69, 9.17) is 0 Å². The number of nitrogens with one attached hydrogen (secondary N) is 2. The predicted octanol–water partition coefficient (Wildman–Crippen LogP) is 1.36. The van der Waals surface area contributed by atoms with Crippen LogP contribution in [0.2, 0.25) is 0 Å². The van der Waals surface area contributed by atoms with Crippen LogP contribution in [0, 0.1) is 0 Å². The maximum Gasteiger partial charge on any atom is 0.271 e. The minimum absolute atomic E-state index is 0.296. The van der Waals surface area contributed by atoms with Crippen LogP contribution in [0.1, 0.15) is 21.5 Å². The van der Waals surface area contributed by atoms with Crippen LogP contribution in [0.3, 0.4) is 0 Å². The van der Waals surface area contributed by atoms with Crippen LogP contribution in [0.15, 0.2) is 59.3 Å². The molecule has 0 saturated carbocycles. The standard InChI is InChI=1S/C17H18N8O/c1-24-11-13(9-20-24)7-18-22-16-5-3-15(4-6-16)17(26)23-19-8-14-10-21-25(2)12-14/h3-12,22H,1-2H3,(H,23,26)/b18-7+,19-8+. The van der Waals surface area contributed by atoms with Gasteiger partial charge in [0.05, 0.1) is 30.5 Å². The van der Waals surface area contributed by atoms with Crippen molar-refractivity contribution < 1.29 is 4.79 Å². The number of hydrazone groups is 2. The van der Waals surface area contributed by atoms with Crippen molar-refractivity contribution in [1.82, 2.24) is 25.0 Å². The lowest BCUT2D eigenvalue weighted by atomic mass is 10.2. The fourth-order valence-corrected chi connectivity index (χ4v) is 2.12. The molecule has 2 heterocycles. The molecule has 0 aliphatic rings. The lowest BCUT2D eigenvalue weighted by Gasteiger charge is -2.02. The van der Waals surface area contributed by atoms with Crippen molar-refractivity contribution in [3.63, 3.8) is 0 Å². The Hall–Kier alpha value is -3.75. The summed E-state index contributed by atoms with van der Waals surface area (Å²) in [5.74, 6) is -0.296. The Morgan fingerprint density at radius 2 is 1.54 bits per heavy atom. The summed E-state index contributed by atoms with van der Waals surface area (Å²) in [6.07, 6.45) is 10.2. The Kier molecular flexibility index (Phi) is 5.18. The monoisotopic (exact) mass is 350 g/mol. The van der Waals surface area contributed by atoms with Gasteiger partial charge in [0, 0.05) is 43.2 Å². The van der Waals surface area contributed by atoms with Crippen LogP contribution >= 0.6 is 0 Å². The highest BCUT2D eigenvalue weighted by molar-refractivity contribution is 5.95. The van der Waals surface area contributed by atoms with Crippen molar-refractivity contribution in [1.29, 1.82) is 0 Å². The third-order valence-electron chi connectivity index (χ3n) is 3.38. The quantitative estimate of drug-likeness (QED) is 0.518. The van der Waals surface area contributed by atoms with Gasteiger partial charge in [-0.15, -0.1) is 0 Å². The van der Waals surface area contributed by atoms with E-state index in [0.717, 1.165) is 16.8 Å². The Morgan fingerprint density at radius 3 is 2.08 bits per heavy atom. The first-order valence-electron chi connectivity index (χ1n) is 7.80. The van der Waals surface area contributed by atoms with Gasteiger partial charge >= 0.3 is 0 Å². The van der Waals surface area contributed by atoms with Crippen LogP contribution in [0.5, 0.6) is 0 Å². The lowest BCUT2D eigenvalue weighted by Crippen LogP contribution is -2.17. The van der Waals surface area contributed by atoms with Crippen molar-refractivity contribution in [2.45, 2.75) is 0 Å². The van der Waals surface area contributed by atoms with E-state index in [2.05, 4.69) is 31.3 Å². The zero-order valence-corrected chi connectivity index (χ0v) is 14.4. The number of benzene rings is 1. The second-order valence-corrected chi connectivity index (χ2v) is 5.54. The van der Waals surface area contributed by atoms with Gasteiger partial charge in [0.15, 0.2) is 0 Å². The number of rotatable bonds is 6. The molecule has 1 amide bonds. The van der Waals surface area contributed by atoms with E-state index in [1.807, 2.05) is 20.3 Å². The van der Waals surface area contributed by atoms with E-state index in [1.54, 1.807) is 58.4 Å². The van der Waals surface area contributed by atoms with Gasteiger partial charge in [0.25, 0.3) is 5.91 Å². The number of carbonyl (C=O) groups is 1. The summed E-state index contributed by atoms with van der Waals surface area (Å²) in [4.78, 5) is 12.0. The van der Waals surface area contributed by atoms with E-state index in [9.17, 15) is 4.79 Å². The smallest absolute Gasteiger partial charge is 0.271 e. The van der Waals surface area contributed by atoms with Crippen molar-refractivity contribution in [2.24, 2.45) is 24.3 Å². The minimum atomic E-state index is -0.296. The zero-order valence-electron chi connectivity index (χ0n) is 14.4. The van der Waals surface area contributed by atoms with E-state index in [0.29, 0.717) is 5.56 Å². The molecule has 0 fully saturated rings. The second kappa shape index (κ2) is 7.88. The van der Waals surface area contributed by atoms with Gasteiger partial charge in [-0.25, -0.2) is 5.43 Å². The average molecular weight is 350 g/mol. The highest BCUT2D eigenvalue weighted by Crippen LogP contribution is 2.09. The van der Waals surface area contributed by atoms with Crippen molar-refractivity contribution in [2.75, 3.05) is 5.43 Å². The molecule has 0 bridgehead atoms. The summed E-state index contributed by atoms with van der Waals surface area (Å²) in [6, 6.07) is 6.91. The fourth-order valence-electron chi connectivity index (χ4n) is 2.12. The van der Waals surface area contributed by atoms with Crippen LogP contribution in [-0.4, -0.2) is 37.9 Å². The predicted molar refractivity (Wildman–Crippen MR) is 99.1 cm³/mol. The molecule has 0 spiro atoms. The fraction of sp³-hybridized carbons (Fsp3) is 0.118. The third-order valence-corrected chi connectivity index (χ3v) is 3.38. The molecule has 0 unspecified atom stereocenters. The van der Waals surface area contributed by atoms with Crippen LogP contribution in [0.25, 0.3) is 0 Å². The Morgan fingerprint density at radius 1 is 0.962 bits per heavy atom. The van der Waals surface area contributed by atoms with Crippen molar-refractivity contribution in [3.8, 4) is 0 Å². The lowest BCUT2D eigenvalue weighted by molar-refractivity contribution is 0.0955. The molecular weight excluding hydrogens is 332 g/mol. The number of carbonyl (C=O) groups excluding carboxylic acids is 1. The maximum atomic E-state index is 12.0. The molecule has 0 saturated heterocycles. The van der Waals surface area contributed by atoms with Gasteiger partial charge < -0.3 is 0 Å². The van der Waals surface area contributed by atoms with E-state index in [-0.39, 0.29) is 5.91 Å². The normalized spacial score (nSPS) is 11.3. The molecule has 0 atom stereocenters. The largest absolute Gasteiger partial charge is 0.279 e. The van der Waals surface area contributed by atoms with Gasteiger partial charge in [-0.05, 0) is 24.3 Å². The molecule has 3 aromatic rings. The second-order valence-electron chi connectivity index (χ2n) is 5.54. The van der Waals surface area contributed by atoms with Crippen molar-refractivity contribution >= 4 is 24.0 Å². The SMILES string of the molecule is Cn1cc(/C=N/NC(=O)c2ccc(N/N=C/c3cnn(C)c3)cc2)cn1. The highest BCUT2D eigenvalue weighted by Gasteiger charge is 2.03. The van der Waals surface area contributed by atoms with E-state index < -0.39 is 0 Å². The van der Waals surface area contributed by atoms with Crippen molar-refractivity contribution in [3.05, 3.63) is 65.7 Å². The number of aromatic nitrogens is 4. The average Bonchev–Trinajstić information content (AvgIpc) is 3.23. The summed E-state index contributed by atoms with van der Waals surface area (Å²) in [5.41, 5.74) is 8.33. The molecule has 3 rings (SSSR count). The molecule has 2 aromatic heterocycles. The van der Waals surface area contributed by atoms with Crippen LogP contribution in [-0.2, 0) is 14.1 Å².